The van der Waals surface area contributed by atoms with Gasteiger partial charge in [-0.3, -0.25) is 9.59 Å². The number of fused-ring (bicyclic) bond motifs is 3. The Balaban J connectivity index is 0.880. The molecule has 15 heteroatoms. The number of amides is 4. The molecule has 0 bridgehead atoms. The lowest BCUT2D eigenvalue weighted by molar-refractivity contribution is -0.138. The van der Waals surface area contributed by atoms with Crippen LogP contribution in [0.2, 0.25) is 0 Å². The lowest BCUT2D eigenvalue weighted by atomic mass is 9.90. The Morgan fingerprint density at radius 3 is 2.36 bits per heavy atom. The largest absolute Gasteiger partial charge is 0.453 e. The number of carbonyl (C=O) groups is 4. The van der Waals surface area contributed by atoms with Crippen molar-refractivity contribution >= 4 is 34.8 Å². The Morgan fingerprint density at radius 2 is 1.58 bits per heavy atom. The van der Waals surface area contributed by atoms with E-state index in [2.05, 4.69) is 55.6 Å². The first-order valence-corrected chi connectivity index (χ1v) is 20.4. The van der Waals surface area contributed by atoms with Crippen molar-refractivity contribution in [3.8, 4) is 23.1 Å². The molecule has 2 aromatic carbocycles. The first-order valence-electron chi connectivity index (χ1n) is 20.4. The monoisotopic (exact) mass is 800 g/mol. The van der Waals surface area contributed by atoms with Gasteiger partial charge in [0.1, 0.15) is 29.4 Å². The Kier molecular flexibility index (Phi) is 10.1. The molecule has 4 aromatic rings. The standard InChI is InChI=1S/C44H48N8O7/c1-23(2)37(49-43(55)57-3)41(53)51-33-17-30(33)20-36(51)40-46-22-32(48-40)28-9-8-26-15-24(5-7-27(26)16-28)6-10-31-21-45-39(47-31)35-19-29-18-34(29)52(35)42(54)38(50-44(56)58-4)25-11-13-59-14-12-25/h5,7-9,15-16,18,21-23,25,30,33-38H,11-14,17,19-20H2,1-4H3,(H,45,47)(H,46,48)(H,49,55)(H,50,56)/t30-,33-,34-,35+,36+,37+,38+/m1/s1. The topological polar surface area (TPSA) is 184 Å². The summed E-state index contributed by atoms with van der Waals surface area (Å²) in [6, 6.07) is 10.5. The maximum atomic E-state index is 14.1. The number of hydrogen-bond acceptors (Lipinski definition) is 9. The van der Waals surface area contributed by atoms with Crippen molar-refractivity contribution in [2.75, 3.05) is 27.4 Å². The molecule has 4 fully saturated rings. The van der Waals surface area contributed by atoms with E-state index in [-0.39, 0.29) is 47.8 Å². The molecule has 7 atom stereocenters. The molecule has 4 amide bonds. The number of alkyl carbamates (subject to hydrolysis) is 2. The van der Waals surface area contributed by atoms with Crippen LogP contribution < -0.4 is 10.6 Å². The van der Waals surface area contributed by atoms with E-state index < -0.39 is 24.3 Å². The highest BCUT2D eigenvalue weighted by molar-refractivity contribution is 5.90. The normalized spacial score (nSPS) is 24.0. The van der Waals surface area contributed by atoms with Gasteiger partial charge in [-0.05, 0) is 90.3 Å². The molecule has 0 unspecified atom stereocenters. The van der Waals surface area contributed by atoms with Crippen LogP contribution in [0.5, 0.6) is 0 Å². The predicted octanol–water partition coefficient (Wildman–Crippen LogP) is 5.13. The molecular formula is C44H48N8O7. The van der Waals surface area contributed by atoms with E-state index in [0.29, 0.717) is 49.9 Å². The van der Waals surface area contributed by atoms with E-state index >= 15 is 0 Å². The lowest BCUT2D eigenvalue weighted by Gasteiger charge is -2.35. The van der Waals surface area contributed by atoms with E-state index in [1.165, 1.54) is 19.8 Å². The van der Waals surface area contributed by atoms with Gasteiger partial charge in [0.25, 0.3) is 0 Å². The van der Waals surface area contributed by atoms with Gasteiger partial charge in [-0.1, -0.05) is 44.0 Å². The van der Waals surface area contributed by atoms with Gasteiger partial charge in [0, 0.05) is 30.4 Å². The second-order valence-corrected chi connectivity index (χ2v) is 16.5. The maximum absolute atomic E-state index is 14.1. The molecule has 2 aliphatic carbocycles. The third-order valence-corrected chi connectivity index (χ3v) is 12.5. The molecule has 5 heterocycles. The SMILES string of the molecule is COC(=O)N[C@H](C(=O)N1[C@@H]2C[C@@H]2C[C@H]1c1ncc(-c2ccc3cc(C#Cc4cnc([C@@H]5CC6=C[C@H]6N5C(=O)[C@@H](NC(=O)OC)C5CCOCC5)[nH]4)ccc3c2)[nH]1)C(C)C. The van der Waals surface area contributed by atoms with Crippen LogP contribution in [0.1, 0.15) is 80.9 Å². The van der Waals surface area contributed by atoms with Gasteiger partial charge < -0.3 is 44.6 Å². The number of H-pyrrole nitrogens is 2. The molecule has 2 aromatic heterocycles. The van der Waals surface area contributed by atoms with Crippen LogP contribution in [0.25, 0.3) is 22.0 Å². The third-order valence-electron chi connectivity index (χ3n) is 12.5. The number of ether oxygens (including phenoxy) is 3. The average Bonchev–Trinajstić information content (AvgIpc) is 3.85. The summed E-state index contributed by atoms with van der Waals surface area (Å²) >= 11 is 0. The molecule has 0 spiro atoms. The summed E-state index contributed by atoms with van der Waals surface area (Å²) in [4.78, 5) is 72.3. The van der Waals surface area contributed by atoms with Crippen LogP contribution in [0.15, 0.2) is 60.4 Å². The Hall–Kier alpha value is -6.14. The van der Waals surface area contributed by atoms with Crippen molar-refractivity contribution in [3.05, 3.63) is 83.3 Å². The highest BCUT2D eigenvalue weighted by atomic mass is 16.5. The molecule has 5 aliphatic rings. The highest BCUT2D eigenvalue weighted by Crippen LogP contribution is 2.53. The minimum Gasteiger partial charge on any atom is -0.453 e. The Bertz CT molecular complexity index is 2400. The molecule has 1 saturated carbocycles. The molecule has 4 N–H and O–H groups in total. The number of likely N-dealkylation sites (tertiary alicyclic amines) is 2. The lowest BCUT2D eigenvalue weighted by Crippen LogP contribution is -2.54. The van der Waals surface area contributed by atoms with Gasteiger partial charge in [-0.2, -0.15) is 0 Å². The molecule has 306 valence electrons. The van der Waals surface area contributed by atoms with E-state index in [1.807, 2.05) is 54.1 Å². The number of rotatable bonds is 9. The van der Waals surface area contributed by atoms with Crippen molar-refractivity contribution in [1.82, 2.24) is 40.4 Å². The quantitative estimate of drug-likeness (QED) is 0.132. The average molecular weight is 801 g/mol. The molecule has 0 radical (unpaired) electrons. The van der Waals surface area contributed by atoms with Crippen LogP contribution >= 0.6 is 0 Å². The van der Waals surface area contributed by atoms with Crippen molar-refractivity contribution in [2.24, 2.45) is 17.8 Å². The van der Waals surface area contributed by atoms with Crippen LogP contribution in [0, 0.1) is 29.6 Å². The number of piperidine rings is 1. The molecule has 59 heavy (non-hydrogen) atoms. The zero-order chi connectivity index (χ0) is 40.9. The maximum Gasteiger partial charge on any atom is 0.407 e. The van der Waals surface area contributed by atoms with Gasteiger partial charge in [0.2, 0.25) is 11.8 Å². The van der Waals surface area contributed by atoms with Crippen molar-refractivity contribution in [2.45, 2.75) is 82.2 Å². The number of imidazole rings is 2. The van der Waals surface area contributed by atoms with E-state index in [0.717, 1.165) is 46.3 Å². The first-order chi connectivity index (χ1) is 28.6. The minimum atomic E-state index is -0.718. The molecule has 3 saturated heterocycles. The summed E-state index contributed by atoms with van der Waals surface area (Å²) in [7, 11) is 2.60. The fraction of sp³-hybridized carbons (Fsp3) is 0.455. The summed E-state index contributed by atoms with van der Waals surface area (Å²) in [6.07, 6.45) is 8.18. The number of nitrogens with one attached hydrogen (secondary N) is 4. The highest BCUT2D eigenvalue weighted by Gasteiger charge is 2.56. The van der Waals surface area contributed by atoms with E-state index in [9.17, 15) is 19.2 Å². The van der Waals surface area contributed by atoms with Gasteiger partial charge in [-0.25, -0.2) is 19.6 Å². The van der Waals surface area contributed by atoms with Crippen LogP contribution in [0.3, 0.4) is 0 Å². The molecule has 15 nitrogen and oxygen atoms in total. The smallest absolute Gasteiger partial charge is 0.407 e. The number of aromatic nitrogens is 4. The number of carbonyl (C=O) groups excluding carboxylic acids is 4. The number of aromatic amines is 2. The second-order valence-electron chi connectivity index (χ2n) is 16.5. The fourth-order valence-electron chi connectivity index (χ4n) is 9.14. The summed E-state index contributed by atoms with van der Waals surface area (Å²) < 4.78 is 15.2. The zero-order valence-electron chi connectivity index (χ0n) is 33.5. The van der Waals surface area contributed by atoms with Crippen molar-refractivity contribution in [3.63, 3.8) is 0 Å². The van der Waals surface area contributed by atoms with Gasteiger partial charge in [0.05, 0.1) is 50.4 Å². The zero-order valence-corrected chi connectivity index (χ0v) is 33.5. The Morgan fingerprint density at radius 1 is 0.847 bits per heavy atom. The summed E-state index contributed by atoms with van der Waals surface area (Å²) in [6.45, 7) is 4.92. The first kappa shape index (κ1) is 38.4. The second kappa shape index (κ2) is 15.6. The number of methoxy groups -OCH3 is 2. The van der Waals surface area contributed by atoms with Crippen LogP contribution in [-0.2, 0) is 23.8 Å². The number of hydrogen-bond donors (Lipinski definition) is 4. The van der Waals surface area contributed by atoms with Gasteiger partial charge >= 0.3 is 12.2 Å². The molecule has 9 rings (SSSR count). The van der Waals surface area contributed by atoms with E-state index in [1.54, 1.807) is 6.20 Å². The molecular weight excluding hydrogens is 753 g/mol. The minimum absolute atomic E-state index is 0.0522. The van der Waals surface area contributed by atoms with Crippen LogP contribution in [0.4, 0.5) is 9.59 Å². The van der Waals surface area contributed by atoms with Crippen molar-refractivity contribution in [1.29, 1.82) is 0 Å². The predicted molar refractivity (Wildman–Crippen MR) is 215 cm³/mol. The van der Waals surface area contributed by atoms with Crippen LogP contribution in [-0.4, -0.2) is 105 Å². The van der Waals surface area contributed by atoms with Gasteiger partial charge in [0.15, 0.2) is 0 Å². The van der Waals surface area contributed by atoms with Crippen molar-refractivity contribution < 1.29 is 33.4 Å². The molecule has 3 aliphatic heterocycles. The number of nitrogens with zero attached hydrogens (tertiary/aromatic N) is 4. The summed E-state index contributed by atoms with van der Waals surface area (Å²) in [5.41, 5.74) is 4.51. The Labute approximate surface area is 341 Å². The summed E-state index contributed by atoms with van der Waals surface area (Å²) in [5, 5.41) is 7.62. The number of benzene rings is 2. The fourth-order valence-corrected chi connectivity index (χ4v) is 9.14. The van der Waals surface area contributed by atoms with E-state index in [4.69, 9.17) is 19.2 Å². The van der Waals surface area contributed by atoms with Gasteiger partial charge in [-0.15, -0.1) is 0 Å². The third kappa shape index (κ3) is 7.53. The summed E-state index contributed by atoms with van der Waals surface area (Å²) in [5.74, 6) is 7.90.